The van der Waals surface area contributed by atoms with E-state index in [-0.39, 0.29) is 6.61 Å². The fourth-order valence-corrected chi connectivity index (χ4v) is 2.86. The predicted molar refractivity (Wildman–Crippen MR) is 122 cm³/mol. The molecule has 0 saturated heterocycles. The number of benzene rings is 2. The van der Waals surface area contributed by atoms with Crippen molar-refractivity contribution in [1.82, 2.24) is 5.43 Å². The largest absolute Gasteiger partial charge is 0.497 e. The Morgan fingerprint density at radius 3 is 2.59 bits per heavy atom. The number of furan rings is 1. The second-order valence-corrected chi connectivity index (χ2v) is 7.07. The van der Waals surface area contributed by atoms with E-state index < -0.39 is 11.9 Å². The van der Waals surface area contributed by atoms with E-state index in [1.165, 1.54) is 24.6 Å². The van der Waals surface area contributed by atoms with Gasteiger partial charge in [-0.1, -0.05) is 0 Å². The van der Waals surface area contributed by atoms with E-state index in [9.17, 15) is 9.59 Å². The second kappa shape index (κ2) is 11.5. The molecule has 0 bridgehead atoms. The Balaban J connectivity index is 1.43. The molecule has 1 N–H and O–H groups in total. The van der Waals surface area contributed by atoms with Gasteiger partial charge in [0.1, 0.15) is 23.0 Å². The molecule has 0 aliphatic rings. The van der Waals surface area contributed by atoms with Crippen LogP contribution in [0.2, 0.25) is 0 Å². The molecular weight excluding hydrogens is 480 g/mol. The summed E-state index contributed by atoms with van der Waals surface area (Å²) in [4.78, 5) is 23.7. The smallest absolute Gasteiger partial charge is 0.336 e. The lowest BCUT2D eigenvalue weighted by molar-refractivity contribution is -0.129. The first-order chi connectivity index (χ1) is 15.5. The van der Waals surface area contributed by atoms with E-state index in [4.69, 9.17) is 18.6 Å². The van der Waals surface area contributed by atoms with Gasteiger partial charge >= 0.3 is 5.97 Å². The van der Waals surface area contributed by atoms with Crippen LogP contribution in [-0.2, 0) is 9.59 Å². The molecule has 9 heteroatoms. The highest BCUT2D eigenvalue weighted by Gasteiger charge is 2.06. The fraction of sp³-hybridized carbons (Fsp3) is 0.0870. The van der Waals surface area contributed by atoms with Crippen LogP contribution in [0.5, 0.6) is 17.2 Å². The Kier molecular flexibility index (Phi) is 8.22. The van der Waals surface area contributed by atoms with Gasteiger partial charge in [-0.2, -0.15) is 5.10 Å². The molecule has 0 saturated carbocycles. The highest BCUT2D eigenvalue weighted by Crippen LogP contribution is 2.28. The topological polar surface area (TPSA) is 99.4 Å². The first-order valence-corrected chi connectivity index (χ1v) is 10.1. The van der Waals surface area contributed by atoms with Gasteiger partial charge in [-0.15, -0.1) is 0 Å². The van der Waals surface area contributed by atoms with Crippen molar-refractivity contribution in [2.45, 2.75) is 0 Å². The van der Waals surface area contributed by atoms with Crippen LogP contribution >= 0.6 is 15.9 Å². The SMILES string of the molecule is COc1ccc(OCC(=O)NN=Cc2ccc(OC(=O)C=Cc3ccco3)cc2)c(Br)c1. The van der Waals surface area contributed by atoms with Gasteiger partial charge in [0.2, 0.25) is 0 Å². The monoisotopic (exact) mass is 498 g/mol. The van der Waals surface area contributed by atoms with Gasteiger partial charge in [0, 0.05) is 6.08 Å². The van der Waals surface area contributed by atoms with E-state index in [0.29, 0.717) is 33.0 Å². The van der Waals surface area contributed by atoms with Crippen LogP contribution in [0, 0.1) is 0 Å². The van der Waals surface area contributed by atoms with Crippen LogP contribution < -0.4 is 19.6 Å². The molecular formula is C23H19BrN2O6. The number of carbonyl (C=O) groups excluding carboxylic acids is 2. The Bertz CT molecular complexity index is 1110. The first kappa shape index (κ1) is 22.8. The van der Waals surface area contributed by atoms with Crippen LogP contribution in [0.3, 0.4) is 0 Å². The molecule has 1 amide bonds. The summed E-state index contributed by atoms with van der Waals surface area (Å²) in [6.45, 7) is -0.206. The molecule has 3 rings (SSSR count). The minimum Gasteiger partial charge on any atom is -0.497 e. The lowest BCUT2D eigenvalue weighted by atomic mass is 10.2. The standard InChI is InChI=1S/C23H19BrN2O6/c1-29-19-8-10-21(20(24)13-19)31-15-22(27)26-25-14-16-4-6-18(7-5-16)32-23(28)11-9-17-3-2-12-30-17/h2-14H,15H2,1H3,(H,26,27). The number of halogens is 1. The number of nitrogens with one attached hydrogen (secondary N) is 1. The molecule has 0 fully saturated rings. The molecule has 32 heavy (non-hydrogen) atoms. The highest BCUT2D eigenvalue weighted by molar-refractivity contribution is 9.10. The maximum Gasteiger partial charge on any atom is 0.336 e. The van der Waals surface area contributed by atoms with Gasteiger partial charge in [-0.05, 0) is 82.2 Å². The third kappa shape index (κ3) is 7.13. The lowest BCUT2D eigenvalue weighted by Crippen LogP contribution is -2.24. The number of hydrazone groups is 1. The Morgan fingerprint density at radius 2 is 1.91 bits per heavy atom. The van der Waals surface area contributed by atoms with Crippen molar-refractivity contribution < 1.29 is 28.2 Å². The zero-order valence-corrected chi connectivity index (χ0v) is 18.6. The number of nitrogens with zero attached hydrogens (tertiary/aromatic N) is 1. The van der Waals surface area contributed by atoms with Crippen molar-refractivity contribution in [2.24, 2.45) is 5.10 Å². The van der Waals surface area contributed by atoms with Crippen molar-refractivity contribution in [1.29, 1.82) is 0 Å². The van der Waals surface area contributed by atoms with Gasteiger partial charge in [-0.25, -0.2) is 10.2 Å². The average molecular weight is 499 g/mol. The van der Waals surface area contributed by atoms with Gasteiger partial charge < -0.3 is 18.6 Å². The summed E-state index contributed by atoms with van der Waals surface area (Å²) in [5.41, 5.74) is 3.09. The van der Waals surface area contributed by atoms with E-state index >= 15 is 0 Å². The first-order valence-electron chi connectivity index (χ1n) is 9.35. The molecule has 164 valence electrons. The zero-order valence-electron chi connectivity index (χ0n) is 17.0. The van der Waals surface area contributed by atoms with Crippen molar-refractivity contribution in [3.05, 3.63) is 82.7 Å². The van der Waals surface area contributed by atoms with Crippen molar-refractivity contribution in [2.75, 3.05) is 13.7 Å². The third-order valence-corrected chi connectivity index (χ3v) is 4.55. The Morgan fingerprint density at radius 1 is 1.12 bits per heavy atom. The second-order valence-electron chi connectivity index (χ2n) is 6.22. The fourth-order valence-electron chi connectivity index (χ4n) is 2.39. The minimum absolute atomic E-state index is 0.206. The zero-order chi connectivity index (χ0) is 22.8. The van der Waals surface area contributed by atoms with Crippen LogP contribution in [0.25, 0.3) is 6.08 Å². The lowest BCUT2D eigenvalue weighted by Gasteiger charge is -2.08. The molecule has 8 nitrogen and oxygen atoms in total. The van der Waals surface area contributed by atoms with Crippen LogP contribution in [-0.4, -0.2) is 31.8 Å². The summed E-state index contributed by atoms with van der Waals surface area (Å²) in [5, 5.41) is 3.89. The molecule has 0 unspecified atom stereocenters. The van der Waals surface area contributed by atoms with Crippen LogP contribution in [0.4, 0.5) is 0 Å². The quantitative estimate of drug-likeness (QED) is 0.156. The number of rotatable bonds is 9. The molecule has 0 atom stereocenters. The predicted octanol–water partition coefficient (Wildman–Crippen LogP) is 4.20. The molecule has 3 aromatic rings. The van der Waals surface area contributed by atoms with Gasteiger partial charge in [0.25, 0.3) is 5.91 Å². The number of amides is 1. The number of ether oxygens (including phenoxy) is 3. The maximum absolute atomic E-state index is 11.9. The molecule has 0 aliphatic carbocycles. The summed E-state index contributed by atoms with van der Waals surface area (Å²) in [6, 6.07) is 15.2. The van der Waals surface area contributed by atoms with Gasteiger partial charge in [0.15, 0.2) is 6.61 Å². The van der Waals surface area contributed by atoms with Crippen molar-refractivity contribution in [3.63, 3.8) is 0 Å². The molecule has 0 radical (unpaired) electrons. The van der Waals surface area contributed by atoms with Crippen LogP contribution in [0.15, 0.2) is 80.9 Å². The number of carbonyl (C=O) groups is 2. The Hall–Kier alpha value is -3.85. The number of hydrogen-bond acceptors (Lipinski definition) is 7. The molecule has 1 aromatic heterocycles. The molecule has 0 spiro atoms. The summed E-state index contributed by atoms with van der Waals surface area (Å²) in [7, 11) is 1.56. The normalized spacial score (nSPS) is 10.9. The summed E-state index contributed by atoms with van der Waals surface area (Å²) < 4.78 is 21.5. The molecule has 1 heterocycles. The minimum atomic E-state index is -0.529. The van der Waals surface area contributed by atoms with E-state index in [1.54, 1.807) is 61.7 Å². The number of esters is 1. The van der Waals surface area contributed by atoms with Crippen molar-refractivity contribution >= 4 is 40.1 Å². The average Bonchev–Trinajstić information content (AvgIpc) is 3.32. The molecule has 2 aromatic carbocycles. The Labute approximate surface area is 192 Å². The maximum atomic E-state index is 11.9. The summed E-state index contributed by atoms with van der Waals surface area (Å²) in [6.07, 6.45) is 5.77. The third-order valence-electron chi connectivity index (χ3n) is 3.93. The summed E-state index contributed by atoms with van der Waals surface area (Å²) >= 11 is 3.35. The summed E-state index contributed by atoms with van der Waals surface area (Å²) in [5.74, 6) is 1.16. The van der Waals surface area contributed by atoms with Crippen molar-refractivity contribution in [3.8, 4) is 17.2 Å². The number of hydrogen-bond donors (Lipinski definition) is 1. The van der Waals surface area contributed by atoms with Gasteiger partial charge in [-0.3, -0.25) is 4.79 Å². The van der Waals surface area contributed by atoms with Gasteiger partial charge in [0.05, 0.1) is 24.1 Å². The van der Waals surface area contributed by atoms with E-state index in [2.05, 4.69) is 26.5 Å². The van der Waals surface area contributed by atoms with Crippen LogP contribution in [0.1, 0.15) is 11.3 Å². The van der Waals surface area contributed by atoms with E-state index in [0.717, 1.165) is 0 Å². The molecule has 0 aliphatic heterocycles. The van der Waals surface area contributed by atoms with E-state index in [1.807, 2.05) is 0 Å². The highest BCUT2D eigenvalue weighted by atomic mass is 79.9. The number of methoxy groups -OCH3 is 1.